The summed E-state index contributed by atoms with van der Waals surface area (Å²) in [4.78, 5) is 11.4. The number of rotatable bonds is 3. The third kappa shape index (κ3) is 3.18. The molecular weight excluding hydrogens is 403 g/mol. The smallest absolute Gasteiger partial charge is 0.241 e. The van der Waals surface area contributed by atoms with E-state index in [1.165, 1.54) is 36.2 Å². The summed E-state index contributed by atoms with van der Waals surface area (Å²) in [5.41, 5.74) is 6.29. The van der Waals surface area contributed by atoms with Crippen LogP contribution in [0.4, 0.5) is 13.2 Å². The summed E-state index contributed by atoms with van der Waals surface area (Å²) in [6, 6.07) is 7.24. The molecule has 1 spiro atoms. The zero-order valence-corrected chi connectivity index (χ0v) is 16.3. The van der Waals surface area contributed by atoms with Crippen molar-refractivity contribution in [3.8, 4) is 5.75 Å². The molecule has 2 N–H and O–H groups in total. The van der Waals surface area contributed by atoms with Crippen LogP contribution in [-0.4, -0.2) is 29.1 Å². The van der Waals surface area contributed by atoms with Gasteiger partial charge in [-0.2, -0.15) is 5.10 Å². The van der Waals surface area contributed by atoms with E-state index in [1.807, 2.05) is 0 Å². The Balaban J connectivity index is 1.90. The fourth-order valence-electron chi connectivity index (χ4n) is 3.79. The number of amides is 1. The SMILES string of the molecule is CC(=O)N1N=C(c2ccc(F)cc2F)S[C@@]12c1cc(F)ccc1OC[C@H]2CCN. The van der Waals surface area contributed by atoms with Crippen molar-refractivity contribution in [3.63, 3.8) is 0 Å². The molecule has 2 aromatic rings. The van der Waals surface area contributed by atoms with Crippen molar-refractivity contribution in [1.29, 1.82) is 0 Å². The van der Waals surface area contributed by atoms with Crippen LogP contribution in [0.2, 0.25) is 0 Å². The van der Waals surface area contributed by atoms with Crippen molar-refractivity contribution in [2.75, 3.05) is 13.2 Å². The first-order chi connectivity index (χ1) is 13.9. The number of ether oxygens (including phenoxy) is 1. The summed E-state index contributed by atoms with van der Waals surface area (Å²) in [7, 11) is 0. The molecule has 0 saturated heterocycles. The van der Waals surface area contributed by atoms with E-state index in [1.54, 1.807) is 0 Å². The van der Waals surface area contributed by atoms with Crippen LogP contribution in [0.15, 0.2) is 41.5 Å². The summed E-state index contributed by atoms with van der Waals surface area (Å²) in [6.07, 6.45) is 0.474. The van der Waals surface area contributed by atoms with Crippen molar-refractivity contribution in [2.45, 2.75) is 18.2 Å². The zero-order valence-electron chi connectivity index (χ0n) is 15.5. The molecule has 2 atom stereocenters. The van der Waals surface area contributed by atoms with Gasteiger partial charge in [0.15, 0.2) is 4.87 Å². The van der Waals surface area contributed by atoms with Crippen LogP contribution in [0.3, 0.4) is 0 Å². The van der Waals surface area contributed by atoms with Crippen molar-refractivity contribution < 1.29 is 22.7 Å². The molecule has 1 amide bonds. The fourth-order valence-corrected chi connectivity index (χ4v) is 5.36. The largest absolute Gasteiger partial charge is 0.493 e. The van der Waals surface area contributed by atoms with Crippen molar-refractivity contribution in [3.05, 3.63) is 65.0 Å². The number of fused-ring (bicyclic) bond motifs is 2. The number of hydrogen-bond acceptors (Lipinski definition) is 5. The molecule has 0 unspecified atom stereocenters. The Hall–Kier alpha value is -2.52. The molecule has 0 radical (unpaired) electrons. The minimum absolute atomic E-state index is 0.0652. The Kier molecular flexibility index (Phi) is 5.04. The predicted octanol–water partition coefficient (Wildman–Crippen LogP) is 3.57. The minimum atomic E-state index is -1.14. The molecule has 0 aliphatic carbocycles. The van der Waals surface area contributed by atoms with Crippen LogP contribution in [-0.2, 0) is 9.67 Å². The number of benzene rings is 2. The molecule has 2 heterocycles. The van der Waals surface area contributed by atoms with Gasteiger partial charge in [0.25, 0.3) is 0 Å². The van der Waals surface area contributed by atoms with Crippen LogP contribution in [0.1, 0.15) is 24.5 Å². The van der Waals surface area contributed by atoms with E-state index < -0.39 is 28.2 Å². The van der Waals surface area contributed by atoms with Crippen LogP contribution in [0, 0.1) is 23.4 Å². The van der Waals surface area contributed by atoms with Crippen LogP contribution in [0.25, 0.3) is 0 Å². The maximum Gasteiger partial charge on any atom is 0.241 e. The van der Waals surface area contributed by atoms with Gasteiger partial charge < -0.3 is 10.5 Å². The molecule has 4 rings (SSSR count). The summed E-state index contributed by atoms with van der Waals surface area (Å²) in [6.45, 7) is 1.89. The van der Waals surface area contributed by atoms with E-state index in [4.69, 9.17) is 10.5 Å². The Labute approximate surface area is 169 Å². The fraction of sp³-hybridized carbons (Fsp3) is 0.300. The highest BCUT2D eigenvalue weighted by molar-refractivity contribution is 8.15. The second-order valence-electron chi connectivity index (χ2n) is 6.88. The van der Waals surface area contributed by atoms with E-state index in [0.29, 0.717) is 24.3 Å². The maximum absolute atomic E-state index is 14.4. The highest BCUT2D eigenvalue weighted by atomic mass is 32.2. The number of nitrogens with zero attached hydrogens (tertiary/aromatic N) is 2. The van der Waals surface area contributed by atoms with Crippen molar-refractivity contribution >= 4 is 22.7 Å². The lowest BCUT2D eigenvalue weighted by molar-refractivity contribution is -0.134. The van der Waals surface area contributed by atoms with E-state index in [2.05, 4.69) is 5.10 Å². The van der Waals surface area contributed by atoms with Crippen LogP contribution < -0.4 is 10.5 Å². The van der Waals surface area contributed by atoms with Crippen molar-refractivity contribution in [1.82, 2.24) is 5.01 Å². The van der Waals surface area contributed by atoms with E-state index in [-0.39, 0.29) is 23.1 Å². The second-order valence-corrected chi connectivity index (χ2v) is 8.10. The average Bonchev–Trinajstić information content (AvgIpc) is 3.06. The molecule has 0 bridgehead atoms. The predicted molar refractivity (Wildman–Crippen MR) is 104 cm³/mol. The average molecular weight is 421 g/mol. The standard InChI is InChI=1S/C20H18F3N3O2S/c1-11(27)26-20(29-19(25-26)15-4-2-14(22)9-17(15)23)12(6-7-24)10-28-18-5-3-13(21)8-16(18)20/h2-5,8-9,12H,6-7,10,24H2,1H3/t12-,20+/m1/s1. The molecule has 2 aliphatic rings. The molecule has 0 fully saturated rings. The van der Waals surface area contributed by atoms with Gasteiger partial charge in [0.2, 0.25) is 5.91 Å². The lowest BCUT2D eigenvalue weighted by Crippen LogP contribution is -2.51. The van der Waals surface area contributed by atoms with Crippen LogP contribution >= 0.6 is 11.8 Å². The molecule has 152 valence electrons. The number of halogens is 3. The van der Waals surface area contributed by atoms with Crippen LogP contribution in [0.5, 0.6) is 5.75 Å². The summed E-state index contributed by atoms with van der Waals surface area (Å²) in [5.74, 6) is -2.29. The Morgan fingerprint density at radius 2 is 2.00 bits per heavy atom. The number of thioether (sulfide) groups is 1. The monoisotopic (exact) mass is 421 g/mol. The number of hydrogen-bond donors (Lipinski definition) is 1. The van der Waals surface area contributed by atoms with Gasteiger partial charge in [-0.1, -0.05) is 11.8 Å². The molecule has 0 saturated carbocycles. The first kappa shape index (κ1) is 19.8. The normalized spacial score (nSPS) is 23.0. The van der Waals surface area contributed by atoms with Gasteiger partial charge in [0.1, 0.15) is 28.2 Å². The zero-order chi connectivity index (χ0) is 20.8. The van der Waals surface area contributed by atoms with Gasteiger partial charge in [-0.05, 0) is 43.3 Å². The molecule has 2 aromatic carbocycles. The summed E-state index contributed by atoms with van der Waals surface area (Å²) < 4.78 is 47.8. The van der Waals surface area contributed by atoms with Gasteiger partial charge in [0, 0.05) is 30.0 Å². The Morgan fingerprint density at radius 3 is 2.69 bits per heavy atom. The topological polar surface area (TPSA) is 67.9 Å². The molecule has 5 nitrogen and oxygen atoms in total. The quantitative estimate of drug-likeness (QED) is 0.823. The van der Waals surface area contributed by atoms with E-state index in [9.17, 15) is 18.0 Å². The summed E-state index contributed by atoms with van der Waals surface area (Å²) in [5, 5.41) is 5.82. The van der Waals surface area contributed by atoms with Gasteiger partial charge in [-0.25, -0.2) is 18.2 Å². The van der Waals surface area contributed by atoms with E-state index in [0.717, 1.165) is 23.9 Å². The Bertz CT molecular complexity index is 1020. The number of hydrazone groups is 1. The van der Waals surface area contributed by atoms with Gasteiger partial charge in [-0.3, -0.25) is 4.79 Å². The number of carbonyl (C=O) groups excluding carboxylic acids is 1. The lowest BCUT2D eigenvalue weighted by Gasteiger charge is -2.45. The molecule has 2 aliphatic heterocycles. The van der Waals surface area contributed by atoms with Gasteiger partial charge in [-0.15, -0.1) is 0 Å². The van der Waals surface area contributed by atoms with Gasteiger partial charge in [0.05, 0.1) is 6.61 Å². The molecular formula is C20H18F3N3O2S. The number of nitrogens with two attached hydrogens (primary N) is 1. The first-order valence-electron chi connectivity index (χ1n) is 9.03. The summed E-state index contributed by atoms with van der Waals surface area (Å²) >= 11 is 1.13. The first-order valence-corrected chi connectivity index (χ1v) is 9.85. The third-order valence-corrected chi connectivity index (χ3v) is 6.59. The molecule has 29 heavy (non-hydrogen) atoms. The van der Waals surface area contributed by atoms with E-state index >= 15 is 0 Å². The second kappa shape index (κ2) is 7.38. The number of carbonyl (C=O) groups is 1. The van der Waals surface area contributed by atoms with Crippen molar-refractivity contribution in [2.24, 2.45) is 16.8 Å². The lowest BCUT2D eigenvalue weighted by atomic mass is 9.86. The molecule has 9 heteroatoms. The minimum Gasteiger partial charge on any atom is -0.493 e. The highest BCUT2D eigenvalue weighted by Gasteiger charge is 2.56. The third-order valence-electron chi connectivity index (χ3n) is 5.05. The maximum atomic E-state index is 14.4. The Morgan fingerprint density at radius 1 is 1.28 bits per heavy atom. The highest BCUT2D eigenvalue weighted by Crippen LogP contribution is 2.57. The molecule has 0 aromatic heterocycles. The van der Waals surface area contributed by atoms with Gasteiger partial charge >= 0.3 is 0 Å².